The van der Waals surface area contributed by atoms with E-state index in [-0.39, 0.29) is 11.4 Å². The second-order valence-electron chi connectivity index (χ2n) is 10.3. The van der Waals surface area contributed by atoms with Gasteiger partial charge in [0, 0.05) is 33.0 Å². The molecule has 0 fully saturated rings. The Morgan fingerprint density at radius 2 is 1.84 bits per heavy atom. The van der Waals surface area contributed by atoms with E-state index in [1.54, 1.807) is 62.5 Å². The molecular formula is C34H29ClN4O5. The molecule has 3 aromatic carbocycles. The van der Waals surface area contributed by atoms with Crippen molar-refractivity contribution in [1.82, 2.24) is 14.2 Å². The lowest BCUT2D eigenvalue weighted by atomic mass is 10.2. The maximum atomic E-state index is 13.7. The first-order valence-electron chi connectivity index (χ1n) is 14.1. The van der Waals surface area contributed by atoms with Crippen molar-refractivity contribution >= 4 is 45.7 Å². The molecule has 10 heteroatoms. The molecule has 0 spiro atoms. The van der Waals surface area contributed by atoms with Gasteiger partial charge in [0.05, 0.1) is 23.7 Å². The van der Waals surface area contributed by atoms with Crippen molar-refractivity contribution in [3.8, 4) is 23.0 Å². The summed E-state index contributed by atoms with van der Waals surface area (Å²) in [6.07, 6.45) is 0.937. The first-order valence-corrected chi connectivity index (χ1v) is 14.5. The van der Waals surface area contributed by atoms with Crippen LogP contribution < -0.4 is 10.3 Å². The van der Waals surface area contributed by atoms with Crippen LogP contribution in [0.1, 0.15) is 30.8 Å². The molecule has 3 heterocycles. The summed E-state index contributed by atoms with van der Waals surface area (Å²) in [6.45, 7) is 7.68. The monoisotopic (exact) mass is 608 g/mol. The van der Waals surface area contributed by atoms with Crippen molar-refractivity contribution in [3.63, 3.8) is 0 Å². The third-order valence-corrected chi connectivity index (χ3v) is 7.50. The van der Waals surface area contributed by atoms with Crippen LogP contribution in [-0.4, -0.2) is 39.1 Å². The molecule has 0 N–H and O–H groups in total. The smallest absolute Gasteiger partial charge is 0.347 e. The molecule has 0 aliphatic rings. The summed E-state index contributed by atoms with van der Waals surface area (Å²) in [5.74, 6) is 0.819. The summed E-state index contributed by atoms with van der Waals surface area (Å²) < 4.78 is 20.2. The molecule has 0 saturated carbocycles. The number of furan rings is 1. The summed E-state index contributed by atoms with van der Waals surface area (Å²) in [6, 6.07) is 23.7. The lowest BCUT2D eigenvalue weighted by molar-refractivity contribution is -0.150. The largest absolute Gasteiger partial charge is 0.479 e. The molecule has 44 heavy (non-hydrogen) atoms. The molecule has 0 aliphatic heterocycles. The maximum Gasteiger partial charge on any atom is 0.347 e. The molecule has 0 amide bonds. The van der Waals surface area contributed by atoms with Crippen molar-refractivity contribution in [2.24, 2.45) is 5.10 Å². The van der Waals surface area contributed by atoms with Crippen molar-refractivity contribution in [2.45, 2.75) is 33.8 Å². The van der Waals surface area contributed by atoms with E-state index in [9.17, 15) is 9.59 Å². The Morgan fingerprint density at radius 3 is 2.61 bits per heavy atom. The van der Waals surface area contributed by atoms with Gasteiger partial charge >= 0.3 is 5.97 Å². The molecule has 3 aromatic heterocycles. The van der Waals surface area contributed by atoms with Gasteiger partial charge in [-0.25, -0.2) is 9.78 Å². The highest BCUT2D eigenvalue weighted by Crippen LogP contribution is 2.29. The van der Waals surface area contributed by atoms with Crippen molar-refractivity contribution in [1.29, 1.82) is 0 Å². The first kappa shape index (κ1) is 28.9. The zero-order chi connectivity index (χ0) is 31.0. The van der Waals surface area contributed by atoms with E-state index in [2.05, 4.69) is 9.67 Å². The molecule has 6 aromatic rings. The average molecular weight is 609 g/mol. The molecule has 1 atom stereocenters. The fourth-order valence-electron chi connectivity index (χ4n) is 5.14. The Morgan fingerprint density at radius 1 is 1.07 bits per heavy atom. The minimum atomic E-state index is -0.714. The van der Waals surface area contributed by atoms with Crippen molar-refractivity contribution in [2.75, 3.05) is 6.61 Å². The highest BCUT2D eigenvalue weighted by molar-refractivity contribution is 6.31. The predicted molar refractivity (Wildman–Crippen MR) is 171 cm³/mol. The van der Waals surface area contributed by atoms with Crippen molar-refractivity contribution < 1.29 is 18.7 Å². The summed E-state index contributed by atoms with van der Waals surface area (Å²) in [5, 5.41) is 6.44. The quantitative estimate of drug-likeness (QED) is 0.135. The number of hydrogen-bond donors (Lipinski definition) is 0. The standard InChI is InChI=1S/C34H29ClN4O5/c1-5-42-34(41)22(4)43-27-13-11-26(12-14-27)38-20(2)16-24(21(38)3)19-36-39-32(37-29-9-7-6-8-28(29)33(39)40)31-18-23-17-25(35)10-15-30(23)44-31/h6-19,22H,5H2,1-4H3/t22-/m0/s1. The summed E-state index contributed by atoms with van der Waals surface area (Å²) >= 11 is 6.19. The Bertz CT molecular complexity index is 2110. The lowest BCUT2D eigenvalue weighted by Gasteiger charge is -2.14. The van der Waals surface area contributed by atoms with Crippen LogP contribution in [0.2, 0.25) is 5.02 Å². The molecular weight excluding hydrogens is 580 g/mol. The van der Waals surface area contributed by atoms with Gasteiger partial charge in [-0.1, -0.05) is 23.7 Å². The second kappa shape index (κ2) is 11.9. The van der Waals surface area contributed by atoms with Gasteiger partial charge in [0.15, 0.2) is 11.9 Å². The van der Waals surface area contributed by atoms with Gasteiger partial charge in [-0.2, -0.15) is 9.78 Å². The summed E-state index contributed by atoms with van der Waals surface area (Å²) in [7, 11) is 0. The molecule has 0 radical (unpaired) electrons. The van der Waals surface area contributed by atoms with Crippen LogP contribution >= 0.6 is 11.6 Å². The number of hydrogen-bond acceptors (Lipinski definition) is 7. The number of ether oxygens (including phenoxy) is 2. The number of carbonyl (C=O) groups is 1. The van der Waals surface area contributed by atoms with E-state index in [1.165, 1.54) is 4.68 Å². The minimum absolute atomic E-state index is 0.277. The number of esters is 1. The van der Waals surface area contributed by atoms with Gasteiger partial charge in [-0.3, -0.25) is 4.79 Å². The van der Waals surface area contributed by atoms with Gasteiger partial charge in [-0.05, 0) is 94.4 Å². The van der Waals surface area contributed by atoms with Gasteiger partial charge < -0.3 is 18.5 Å². The number of aryl methyl sites for hydroxylation is 1. The molecule has 6 rings (SSSR count). The third-order valence-electron chi connectivity index (χ3n) is 7.26. The van der Waals surface area contributed by atoms with Crippen molar-refractivity contribution in [3.05, 3.63) is 111 Å². The number of halogens is 1. The van der Waals surface area contributed by atoms with Gasteiger partial charge in [-0.15, -0.1) is 0 Å². The Balaban J connectivity index is 1.36. The SMILES string of the molecule is CCOC(=O)[C@H](C)Oc1ccc(-n2c(C)cc(C=Nn3c(-c4cc5cc(Cl)ccc5o4)nc4ccccc4c3=O)c2C)cc1. The number of fused-ring (bicyclic) bond motifs is 2. The summed E-state index contributed by atoms with van der Waals surface area (Å²) in [4.78, 5) is 30.4. The molecule has 0 unspecified atom stereocenters. The lowest BCUT2D eigenvalue weighted by Crippen LogP contribution is -2.26. The molecule has 9 nitrogen and oxygen atoms in total. The number of carbonyl (C=O) groups excluding carboxylic acids is 1. The van der Waals surface area contributed by atoms with Crippen LogP contribution in [0.4, 0.5) is 0 Å². The van der Waals surface area contributed by atoms with E-state index in [0.29, 0.717) is 39.6 Å². The number of benzene rings is 3. The van der Waals surface area contributed by atoms with Crippen LogP contribution in [0.15, 0.2) is 93.2 Å². The van der Waals surface area contributed by atoms with Crippen LogP contribution in [0.5, 0.6) is 5.75 Å². The van der Waals surface area contributed by atoms with E-state index in [4.69, 9.17) is 30.5 Å². The van der Waals surface area contributed by atoms with E-state index in [1.807, 2.05) is 50.2 Å². The van der Waals surface area contributed by atoms with Crippen LogP contribution in [-0.2, 0) is 9.53 Å². The highest BCUT2D eigenvalue weighted by atomic mass is 35.5. The fraction of sp³-hybridized carbons (Fsp3) is 0.176. The molecule has 0 aliphatic carbocycles. The Hall–Kier alpha value is -5.15. The maximum absolute atomic E-state index is 13.7. The fourth-order valence-corrected chi connectivity index (χ4v) is 5.32. The predicted octanol–water partition coefficient (Wildman–Crippen LogP) is 7.08. The minimum Gasteiger partial charge on any atom is -0.479 e. The topological polar surface area (TPSA) is 101 Å². The second-order valence-corrected chi connectivity index (χ2v) is 10.7. The summed E-state index contributed by atoms with van der Waals surface area (Å²) in [5.41, 5.74) is 4.46. The molecule has 0 saturated heterocycles. The third kappa shape index (κ3) is 5.49. The first-order chi connectivity index (χ1) is 21.2. The number of rotatable bonds is 8. The van der Waals surface area contributed by atoms with Crippen LogP contribution in [0.3, 0.4) is 0 Å². The number of para-hydroxylation sites is 1. The average Bonchev–Trinajstić information content (AvgIpc) is 3.56. The number of nitrogens with zero attached hydrogens (tertiary/aromatic N) is 4. The van der Waals surface area contributed by atoms with E-state index < -0.39 is 12.1 Å². The van der Waals surface area contributed by atoms with Gasteiger partial charge in [0.1, 0.15) is 11.3 Å². The zero-order valence-corrected chi connectivity index (χ0v) is 25.3. The number of aromatic nitrogens is 3. The van der Waals surface area contributed by atoms with Gasteiger partial charge in [0.2, 0.25) is 5.82 Å². The highest BCUT2D eigenvalue weighted by Gasteiger charge is 2.18. The Labute approximate surface area is 257 Å². The van der Waals surface area contributed by atoms with Gasteiger partial charge in [0.25, 0.3) is 5.56 Å². The zero-order valence-electron chi connectivity index (χ0n) is 24.6. The molecule has 222 valence electrons. The van der Waals surface area contributed by atoms with Crippen LogP contribution in [0.25, 0.3) is 39.1 Å². The van der Waals surface area contributed by atoms with Crippen LogP contribution in [0, 0.1) is 13.8 Å². The molecule has 0 bridgehead atoms. The van der Waals surface area contributed by atoms with E-state index in [0.717, 1.165) is 28.0 Å². The van der Waals surface area contributed by atoms with E-state index >= 15 is 0 Å². The Kier molecular flexibility index (Phi) is 7.80. The normalized spacial score (nSPS) is 12.3.